The molecule has 0 amide bonds. The van der Waals surface area contributed by atoms with Crippen molar-refractivity contribution in [1.82, 2.24) is 5.32 Å². The molecule has 1 aromatic carbocycles. The molecule has 0 saturated heterocycles. The fraction of sp³-hybridized carbons (Fsp3) is 0.684. The molecular weight excluding hydrogens is 242 g/mol. The van der Waals surface area contributed by atoms with Crippen molar-refractivity contribution in [3.05, 3.63) is 35.9 Å². The smallest absolute Gasteiger partial charge is 0.00924 e. The highest BCUT2D eigenvalue weighted by atomic mass is 14.9. The quantitative estimate of drug-likeness (QED) is 0.772. The van der Waals surface area contributed by atoms with Gasteiger partial charge in [-0.2, -0.15) is 0 Å². The molecule has 1 aliphatic carbocycles. The van der Waals surface area contributed by atoms with Crippen molar-refractivity contribution in [1.29, 1.82) is 0 Å². The maximum absolute atomic E-state index is 3.61. The van der Waals surface area contributed by atoms with Gasteiger partial charge in [-0.05, 0) is 50.6 Å². The average Bonchev–Trinajstić information content (AvgIpc) is 2.45. The van der Waals surface area contributed by atoms with E-state index in [2.05, 4.69) is 42.7 Å². The Morgan fingerprint density at radius 3 is 2.30 bits per heavy atom. The number of nitrogens with one attached hydrogen (secondary N) is 1. The molecule has 0 radical (unpaired) electrons. The topological polar surface area (TPSA) is 12.0 Å². The van der Waals surface area contributed by atoms with E-state index in [4.69, 9.17) is 0 Å². The zero-order valence-corrected chi connectivity index (χ0v) is 13.1. The standard InChI is InChI=1S/C19H31N/c1-20-19(18-14-8-3-2-4-9-15-18)16-10-13-17-11-6-5-7-12-17/h5-7,11-12,18-20H,2-4,8-10,13-16H2,1H3. The summed E-state index contributed by atoms with van der Waals surface area (Å²) in [5.41, 5.74) is 1.49. The van der Waals surface area contributed by atoms with E-state index in [9.17, 15) is 0 Å². The molecule has 112 valence electrons. The maximum Gasteiger partial charge on any atom is 0.00924 e. The fourth-order valence-electron chi connectivity index (χ4n) is 3.68. The van der Waals surface area contributed by atoms with Crippen LogP contribution in [0.25, 0.3) is 0 Å². The molecule has 1 nitrogen and oxygen atoms in total. The van der Waals surface area contributed by atoms with Gasteiger partial charge in [0.1, 0.15) is 0 Å². The van der Waals surface area contributed by atoms with Crippen LogP contribution in [-0.4, -0.2) is 13.1 Å². The monoisotopic (exact) mass is 273 g/mol. The summed E-state index contributed by atoms with van der Waals surface area (Å²) in [4.78, 5) is 0. The van der Waals surface area contributed by atoms with E-state index in [1.807, 2.05) is 0 Å². The number of hydrogen-bond donors (Lipinski definition) is 1. The summed E-state index contributed by atoms with van der Waals surface area (Å²) in [6.45, 7) is 0. The van der Waals surface area contributed by atoms with Crippen molar-refractivity contribution < 1.29 is 0 Å². The van der Waals surface area contributed by atoms with Gasteiger partial charge in [0.15, 0.2) is 0 Å². The van der Waals surface area contributed by atoms with Crippen molar-refractivity contribution in [2.24, 2.45) is 5.92 Å². The third-order valence-corrected chi connectivity index (χ3v) is 4.91. The van der Waals surface area contributed by atoms with Crippen molar-refractivity contribution in [3.63, 3.8) is 0 Å². The minimum absolute atomic E-state index is 0.733. The van der Waals surface area contributed by atoms with Gasteiger partial charge in [0, 0.05) is 6.04 Å². The van der Waals surface area contributed by atoms with Gasteiger partial charge >= 0.3 is 0 Å². The van der Waals surface area contributed by atoms with Crippen LogP contribution in [0.5, 0.6) is 0 Å². The largest absolute Gasteiger partial charge is 0.317 e. The zero-order chi connectivity index (χ0) is 14.0. The van der Waals surface area contributed by atoms with E-state index < -0.39 is 0 Å². The molecule has 1 fully saturated rings. The maximum atomic E-state index is 3.61. The van der Waals surface area contributed by atoms with Gasteiger partial charge in [-0.3, -0.25) is 0 Å². The van der Waals surface area contributed by atoms with Crippen molar-refractivity contribution in [3.8, 4) is 0 Å². The first-order chi connectivity index (χ1) is 9.90. The molecule has 0 aliphatic heterocycles. The first-order valence-electron chi connectivity index (χ1n) is 8.61. The molecule has 1 saturated carbocycles. The van der Waals surface area contributed by atoms with Crippen LogP contribution in [0.1, 0.15) is 63.4 Å². The molecule has 0 bridgehead atoms. The Morgan fingerprint density at radius 2 is 1.65 bits per heavy atom. The first-order valence-corrected chi connectivity index (χ1v) is 8.61. The summed E-state index contributed by atoms with van der Waals surface area (Å²) < 4.78 is 0. The van der Waals surface area contributed by atoms with Crippen LogP contribution in [0, 0.1) is 5.92 Å². The minimum atomic E-state index is 0.733. The highest BCUT2D eigenvalue weighted by Gasteiger charge is 2.20. The summed E-state index contributed by atoms with van der Waals surface area (Å²) in [7, 11) is 2.16. The van der Waals surface area contributed by atoms with Crippen molar-refractivity contribution in [2.45, 2.75) is 70.3 Å². The highest BCUT2D eigenvalue weighted by molar-refractivity contribution is 5.14. The Morgan fingerprint density at radius 1 is 1.00 bits per heavy atom. The average molecular weight is 273 g/mol. The predicted molar refractivity (Wildman–Crippen MR) is 88.0 cm³/mol. The lowest BCUT2D eigenvalue weighted by Crippen LogP contribution is -2.34. The van der Waals surface area contributed by atoms with Crippen LogP contribution >= 0.6 is 0 Å². The molecule has 0 spiro atoms. The molecule has 20 heavy (non-hydrogen) atoms. The van der Waals surface area contributed by atoms with Crippen LogP contribution < -0.4 is 5.32 Å². The van der Waals surface area contributed by atoms with Gasteiger partial charge in [0.2, 0.25) is 0 Å². The minimum Gasteiger partial charge on any atom is -0.317 e. The zero-order valence-electron chi connectivity index (χ0n) is 13.1. The highest BCUT2D eigenvalue weighted by Crippen LogP contribution is 2.27. The molecule has 1 heteroatoms. The normalized spacial score (nSPS) is 19.2. The summed E-state index contributed by atoms with van der Waals surface area (Å²) in [6, 6.07) is 11.7. The number of aryl methyl sites for hydroxylation is 1. The Kier molecular flexibility index (Phi) is 7.14. The van der Waals surface area contributed by atoms with Crippen LogP contribution in [0.2, 0.25) is 0 Å². The summed E-state index contributed by atoms with van der Waals surface area (Å²) in [6.07, 6.45) is 14.0. The second kappa shape index (κ2) is 9.18. The van der Waals surface area contributed by atoms with E-state index >= 15 is 0 Å². The van der Waals surface area contributed by atoms with E-state index in [-0.39, 0.29) is 0 Å². The SMILES string of the molecule is CNC(CCCc1ccccc1)C1CCCCCCC1. The molecule has 1 unspecified atom stereocenters. The van der Waals surface area contributed by atoms with E-state index in [0.717, 1.165) is 12.0 Å². The van der Waals surface area contributed by atoms with Crippen molar-refractivity contribution >= 4 is 0 Å². The first kappa shape index (κ1) is 15.6. The molecule has 1 aromatic rings. The fourth-order valence-corrected chi connectivity index (χ4v) is 3.68. The predicted octanol–water partition coefficient (Wildman–Crippen LogP) is 4.96. The molecule has 2 rings (SSSR count). The second-order valence-electron chi connectivity index (χ2n) is 6.38. The van der Waals surface area contributed by atoms with Gasteiger partial charge in [-0.1, -0.05) is 62.4 Å². The molecule has 1 N–H and O–H groups in total. The van der Waals surface area contributed by atoms with E-state index in [0.29, 0.717) is 0 Å². The lowest BCUT2D eigenvalue weighted by atomic mass is 9.83. The second-order valence-corrected chi connectivity index (χ2v) is 6.38. The van der Waals surface area contributed by atoms with Crippen LogP contribution in [0.15, 0.2) is 30.3 Å². The molecular formula is C19H31N. The Hall–Kier alpha value is -0.820. The lowest BCUT2D eigenvalue weighted by molar-refractivity contribution is 0.281. The van der Waals surface area contributed by atoms with Crippen LogP contribution in [0.4, 0.5) is 0 Å². The van der Waals surface area contributed by atoms with Gasteiger partial charge in [-0.15, -0.1) is 0 Å². The van der Waals surface area contributed by atoms with Gasteiger partial charge in [0.05, 0.1) is 0 Å². The third kappa shape index (κ3) is 5.28. The molecule has 1 atom stereocenters. The summed E-state index contributed by atoms with van der Waals surface area (Å²) in [5.74, 6) is 0.913. The Bertz CT molecular complexity index is 338. The summed E-state index contributed by atoms with van der Waals surface area (Å²) >= 11 is 0. The van der Waals surface area contributed by atoms with Crippen LogP contribution in [-0.2, 0) is 6.42 Å². The lowest BCUT2D eigenvalue weighted by Gasteiger charge is -2.28. The Labute approximate surface area is 125 Å². The van der Waals surface area contributed by atoms with E-state index in [1.54, 1.807) is 0 Å². The van der Waals surface area contributed by atoms with Gasteiger partial charge in [0.25, 0.3) is 0 Å². The molecule has 1 aliphatic rings. The molecule has 0 aromatic heterocycles. The van der Waals surface area contributed by atoms with E-state index in [1.165, 1.54) is 69.8 Å². The van der Waals surface area contributed by atoms with Crippen LogP contribution in [0.3, 0.4) is 0 Å². The Balaban J connectivity index is 1.75. The summed E-state index contributed by atoms with van der Waals surface area (Å²) in [5, 5.41) is 3.61. The number of benzene rings is 1. The van der Waals surface area contributed by atoms with Gasteiger partial charge < -0.3 is 5.32 Å². The third-order valence-electron chi connectivity index (χ3n) is 4.91. The number of rotatable bonds is 6. The molecule has 0 heterocycles. The number of hydrogen-bond acceptors (Lipinski definition) is 1. The van der Waals surface area contributed by atoms with Gasteiger partial charge in [-0.25, -0.2) is 0 Å². The van der Waals surface area contributed by atoms with Crippen molar-refractivity contribution in [2.75, 3.05) is 7.05 Å².